The molecule has 9 rings (SSSR count). The zero-order valence-electron chi connectivity index (χ0n) is 50.1. The van der Waals surface area contributed by atoms with E-state index in [0.717, 1.165) is 18.4 Å². The zero-order valence-corrected chi connectivity index (χ0v) is 50.1. The van der Waals surface area contributed by atoms with Gasteiger partial charge in [-0.05, 0) is 74.6 Å². The third kappa shape index (κ3) is 12.2. The number of hydrogen-bond acceptors (Lipinski definition) is 20. The van der Waals surface area contributed by atoms with Gasteiger partial charge in [-0.25, -0.2) is 19.2 Å². The molecule has 2 bridgehead atoms. The number of aryl methyl sites for hydroxylation is 1. The predicted octanol–water partition coefficient (Wildman–Crippen LogP) is 4.00. The molecule has 24 nitrogen and oxygen atoms in total. The third-order valence-electron chi connectivity index (χ3n) is 18.3. The van der Waals surface area contributed by atoms with Crippen molar-refractivity contribution in [2.45, 2.75) is 172 Å². The van der Waals surface area contributed by atoms with Gasteiger partial charge in [0, 0.05) is 68.9 Å². The van der Waals surface area contributed by atoms with Crippen LogP contribution in [0.25, 0.3) is 0 Å². The number of nitrogens with one attached hydrogen (secondary N) is 2. The molecule has 4 aromatic rings. The van der Waals surface area contributed by atoms with E-state index >= 15 is 4.79 Å². The summed E-state index contributed by atoms with van der Waals surface area (Å²) in [6, 6.07) is 22.5. The van der Waals surface area contributed by atoms with Crippen molar-refractivity contribution in [3.05, 3.63) is 151 Å². The fourth-order valence-electron chi connectivity index (χ4n) is 13.7. The molecule has 4 fully saturated rings. The molecule has 24 heteroatoms. The van der Waals surface area contributed by atoms with Crippen molar-refractivity contribution in [3.8, 4) is 0 Å². The average Bonchev–Trinajstić information content (AvgIpc) is 0.708. The molecule has 0 spiro atoms. The number of esters is 4. The number of hydrogen-bond donors (Lipinski definition) is 6. The normalized spacial score (nSPS) is 29.3. The SMILES string of the molecule is CC(=O)O[C@H]1C(=O)C2(C)[C@@H](OC(=O)NCCCCCCn3c(=O)c(C)cn([C@H]4CC(O)[C@@H](CO)O4)c3=O)CC3OCC3(OC(C)=O)[C@H]2[C@H](OC(=O)c2ccccc2)[C@]2(O)C[C@H](OC(=O)[C@H](O)[C@@H](NC(=O)c3ccccc3)c3ccccc3)C(C)=C1C2(C)C. The molecule has 0 radical (unpaired) electrons. The van der Waals surface area contributed by atoms with E-state index in [1.165, 1.54) is 50.6 Å². The van der Waals surface area contributed by atoms with Crippen LogP contribution in [0.15, 0.2) is 118 Å². The lowest BCUT2D eigenvalue weighted by molar-refractivity contribution is -0.345. The van der Waals surface area contributed by atoms with Crippen LogP contribution in [0.2, 0.25) is 0 Å². The smallest absolute Gasteiger partial charge is 0.407 e. The Kier molecular flexibility index (Phi) is 19.1. The second-order valence-corrected chi connectivity index (χ2v) is 24.1. The maximum atomic E-state index is 16.4. The molecule has 3 aromatic carbocycles. The minimum Gasteiger partial charge on any atom is -0.456 e. The number of rotatable bonds is 20. The first-order valence-electron chi connectivity index (χ1n) is 29.5. The summed E-state index contributed by atoms with van der Waals surface area (Å²) in [5.74, 6) is -7.40. The van der Waals surface area contributed by atoms with Crippen LogP contribution in [0.3, 0.4) is 0 Å². The highest BCUT2D eigenvalue weighted by Gasteiger charge is 2.79. The number of alkyl carbamates (subject to hydrolysis) is 1. The van der Waals surface area contributed by atoms with E-state index in [1.54, 1.807) is 85.8 Å². The Hall–Kier alpha value is -7.87. The lowest BCUT2D eigenvalue weighted by Gasteiger charge is -2.67. The van der Waals surface area contributed by atoms with E-state index in [9.17, 15) is 58.8 Å². The van der Waals surface area contributed by atoms with Crippen LogP contribution < -0.4 is 21.9 Å². The number of unbranched alkanes of at least 4 members (excludes halogenated alkanes) is 3. The van der Waals surface area contributed by atoms with Gasteiger partial charge < -0.3 is 64.2 Å². The van der Waals surface area contributed by atoms with Crippen LogP contribution in [0.1, 0.15) is 131 Å². The maximum Gasteiger partial charge on any atom is 0.407 e. The Morgan fingerprint density at radius 3 is 2.03 bits per heavy atom. The largest absolute Gasteiger partial charge is 0.456 e. The van der Waals surface area contributed by atoms with Crippen molar-refractivity contribution in [2.75, 3.05) is 19.8 Å². The molecule has 3 heterocycles. The molecule has 4 unspecified atom stereocenters. The fraction of sp³-hybridized carbons (Fsp3) is 0.516. The molecule has 14 atom stereocenters. The van der Waals surface area contributed by atoms with Crippen LogP contribution >= 0.6 is 0 Å². The molecule has 472 valence electrons. The Bertz CT molecular complexity index is 3440. The first-order chi connectivity index (χ1) is 41.8. The number of ether oxygens (including phenoxy) is 7. The number of carbonyl (C=O) groups excluding carboxylic acids is 7. The van der Waals surface area contributed by atoms with Crippen molar-refractivity contribution in [1.82, 2.24) is 19.8 Å². The molecule has 1 aromatic heterocycles. The minimum absolute atomic E-state index is 0.00183. The summed E-state index contributed by atoms with van der Waals surface area (Å²) in [7, 11) is 0. The number of carbonyl (C=O) groups is 7. The topological polar surface area (TPSA) is 333 Å². The molecule has 6 N–H and O–H groups in total. The van der Waals surface area contributed by atoms with Gasteiger partial charge in [0.15, 0.2) is 23.6 Å². The summed E-state index contributed by atoms with van der Waals surface area (Å²) in [6.45, 7) is 8.91. The number of fused-ring (bicyclic) bond motifs is 5. The van der Waals surface area contributed by atoms with Gasteiger partial charge in [0.25, 0.3) is 11.5 Å². The molecule has 2 saturated carbocycles. The van der Waals surface area contributed by atoms with Gasteiger partial charge >= 0.3 is 35.7 Å². The molecule has 3 aliphatic carbocycles. The van der Waals surface area contributed by atoms with Gasteiger partial charge in [-0.15, -0.1) is 0 Å². The number of benzene rings is 3. The Morgan fingerprint density at radius 1 is 0.795 bits per heavy atom. The summed E-state index contributed by atoms with van der Waals surface area (Å²) in [6.07, 6.45) is -11.9. The predicted molar refractivity (Wildman–Crippen MR) is 310 cm³/mol. The van der Waals surface area contributed by atoms with Crippen LogP contribution in [-0.2, 0) is 58.9 Å². The van der Waals surface area contributed by atoms with E-state index in [0.29, 0.717) is 31.2 Å². The lowest BCUT2D eigenvalue weighted by Crippen LogP contribution is -2.82. The van der Waals surface area contributed by atoms with Gasteiger partial charge in [0.1, 0.15) is 42.3 Å². The standard InChI is InChI=1S/C64H76N4O20/c1-35-32-68(47-29-42(72)44(33-69)84-47)60(80)67(56(35)76)28-20-9-8-19-27-65-59(79)86-45-30-46-63(34-82-46,88-38(4)71)52-54(87-57(77)41-25-17-12-18-26-41)64(81)31-43(36(2)48(61(64,5)6)51(83-37(3)70)53(74)62(45,52)7)85-58(78)50(73)49(39-21-13-10-14-22-39)66-55(75)40-23-15-11-16-24-40/h10-18,21-26,32,42-47,49-52,54,69,72-73,81H,8-9,19-20,27-31,33-34H2,1-7H3,(H,65,79)(H,66,75)/t42?,43-,44+,45-,46?,47+,49-,50+,51+,52-,54-,62?,63?,64+/m0/s1. The van der Waals surface area contributed by atoms with Crippen molar-refractivity contribution in [3.63, 3.8) is 0 Å². The number of nitrogens with zero attached hydrogens (tertiary/aromatic N) is 2. The lowest BCUT2D eigenvalue weighted by atomic mass is 9.44. The molecule has 5 aliphatic rings. The summed E-state index contributed by atoms with van der Waals surface area (Å²) in [5.41, 5.74) is -8.77. The summed E-state index contributed by atoms with van der Waals surface area (Å²) in [4.78, 5) is 127. The quantitative estimate of drug-likeness (QED) is 0.0315. The van der Waals surface area contributed by atoms with E-state index in [-0.39, 0.29) is 53.8 Å². The van der Waals surface area contributed by atoms with Gasteiger partial charge in [0.05, 0.1) is 42.3 Å². The molecule has 2 saturated heterocycles. The number of aliphatic hydroxyl groups excluding tert-OH is 3. The Labute approximate surface area is 507 Å². The maximum absolute atomic E-state index is 16.4. The average molecular weight is 1220 g/mol. The molecule has 2 aliphatic heterocycles. The first-order valence-corrected chi connectivity index (χ1v) is 29.5. The van der Waals surface area contributed by atoms with E-state index in [4.69, 9.17) is 33.2 Å². The van der Waals surface area contributed by atoms with Crippen molar-refractivity contribution in [1.29, 1.82) is 0 Å². The van der Waals surface area contributed by atoms with Crippen molar-refractivity contribution < 1.29 is 87.1 Å². The number of aliphatic hydroxyl groups is 4. The van der Waals surface area contributed by atoms with E-state index in [1.807, 2.05) is 0 Å². The van der Waals surface area contributed by atoms with Gasteiger partial charge in [-0.2, -0.15) is 0 Å². The first kappa shape index (κ1) is 64.6. The van der Waals surface area contributed by atoms with E-state index < -0.39 is 162 Å². The monoisotopic (exact) mass is 1220 g/mol. The van der Waals surface area contributed by atoms with Crippen LogP contribution in [0, 0.1) is 23.7 Å². The zero-order chi connectivity index (χ0) is 63.6. The Morgan fingerprint density at radius 2 is 1.43 bits per heavy atom. The van der Waals surface area contributed by atoms with Crippen molar-refractivity contribution >= 4 is 41.7 Å². The summed E-state index contributed by atoms with van der Waals surface area (Å²) >= 11 is 0. The van der Waals surface area contributed by atoms with Crippen LogP contribution in [0.5, 0.6) is 0 Å². The van der Waals surface area contributed by atoms with Crippen LogP contribution in [0.4, 0.5) is 4.79 Å². The number of Topliss-reactive ketones (excluding diaryl/α,β-unsaturated/α-hetero) is 1. The highest BCUT2D eigenvalue weighted by Crippen LogP contribution is 2.65. The van der Waals surface area contributed by atoms with Gasteiger partial charge in [0.2, 0.25) is 0 Å². The second-order valence-electron chi connectivity index (χ2n) is 24.1. The molecular formula is C64H76N4O20. The summed E-state index contributed by atoms with van der Waals surface area (Å²) < 4.78 is 45.5. The number of ketones is 1. The third-order valence-corrected chi connectivity index (χ3v) is 18.3. The highest BCUT2D eigenvalue weighted by molar-refractivity contribution is 5.96. The molecular weight excluding hydrogens is 1140 g/mol. The van der Waals surface area contributed by atoms with Gasteiger partial charge in [-0.3, -0.25) is 33.1 Å². The Balaban J connectivity index is 1.03. The highest BCUT2D eigenvalue weighted by atomic mass is 16.6. The van der Waals surface area contributed by atoms with Crippen LogP contribution in [-0.4, -0.2) is 151 Å². The molecule has 2 amide bonds. The van der Waals surface area contributed by atoms with Gasteiger partial charge in [-0.1, -0.05) is 93.4 Å². The minimum atomic E-state index is -2.54. The molecule has 88 heavy (non-hydrogen) atoms. The van der Waals surface area contributed by atoms with E-state index in [2.05, 4.69) is 10.6 Å². The number of aromatic nitrogens is 2. The number of amides is 2. The van der Waals surface area contributed by atoms with Crippen molar-refractivity contribution in [2.24, 2.45) is 16.7 Å². The fourth-order valence-corrected chi connectivity index (χ4v) is 13.7. The summed E-state index contributed by atoms with van der Waals surface area (Å²) in [5, 5.41) is 51.5. The second kappa shape index (κ2) is 26.1.